The number of hydrogen-bond acceptors (Lipinski definition) is 1. The lowest BCUT2D eigenvalue weighted by molar-refractivity contribution is 0.490. The predicted octanol–water partition coefficient (Wildman–Crippen LogP) is 11.4. The molecule has 0 N–H and O–H groups in total. The molecule has 0 saturated heterocycles. The van der Waals surface area contributed by atoms with E-state index in [2.05, 4.69) is 150 Å². The summed E-state index contributed by atoms with van der Waals surface area (Å²) >= 11 is 0. The van der Waals surface area contributed by atoms with E-state index < -0.39 is 0 Å². The van der Waals surface area contributed by atoms with Crippen LogP contribution in [0.1, 0.15) is 28.7 Å². The van der Waals surface area contributed by atoms with Crippen molar-refractivity contribution in [1.29, 1.82) is 0 Å². The summed E-state index contributed by atoms with van der Waals surface area (Å²) in [6.07, 6.45) is 0.965. The number of aliphatic imine (C=N–C) groups is 1. The first kappa shape index (κ1) is 24.6. The van der Waals surface area contributed by atoms with Crippen molar-refractivity contribution in [2.45, 2.75) is 18.4 Å². The topological polar surface area (TPSA) is 17.3 Å². The number of rotatable bonds is 2. The summed E-state index contributed by atoms with van der Waals surface area (Å²) in [6.45, 7) is 0. The van der Waals surface area contributed by atoms with Crippen molar-refractivity contribution in [2.75, 3.05) is 0 Å². The Hall–Kier alpha value is -5.73. The van der Waals surface area contributed by atoms with E-state index in [0.29, 0.717) is 0 Å². The van der Waals surface area contributed by atoms with Crippen LogP contribution in [0, 0.1) is 0 Å². The van der Waals surface area contributed by atoms with Crippen LogP contribution in [0.3, 0.4) is 0 Å². The largest absolute Gasteiger partial charge is 0.336 e. The molecule has 2 heterocycles. The highest BCUT2D eigenvalue weighted by molar-refractivity contribution is 6.24. The first-order valence-corrected chi connectivity index (χ1v) is 16.3. The van der Waals surface area contributed by atoms with Gasteiger partial charge in [0.25, 0.3) is 0 Å². The molecule has 46 heavy (non-hydrogen) atoms. The second kappa shape index (κ2) is 8.93. The smallest absolute Gasteiger partial charge is 0.0673 e. The maximum absolute atomic E-state index is 5.27. The minimum Gasteiger partial charge on any atom is -0.336 e. The van der Waals surface area contributed by atoms with Crippen LogP contribution in [0.15, 0.2) is 151 Å². The molecular formula is C44H28N2. The summed E-state index contributed by atoms with van der Waals surface area (Å²) in [5.41, 5.74) is 11.4. The highest BCUT2D eigenvalue weighted by Crippen LogP contribution is 2.50. The van der Waals surface area contributed by atoms with E-state index in [-0.39, 0.29) is 12.0 Å². The summed E-state index contributed by atoms with van der Waals surface area (Å²) in [6, 6.07) is 54.4. The predicted molar refractivity (Wildman–Crippen MR) is 193 cm³/mol. The maximum atomic E-state index is 5.27. The zero-order valence-electron chi connectivity index (χ0n) is 25.1. The van der Waals surface area contributed by atoms with Gasteiger partial charge in [0.2, 0.25) is 0 Å². The zero-order chi connectivity index (χ0) is 29.9. The van der Waals surface area contributed by atoms with E-state index in [1.807, 2.05) is 0 Å². The number of fused-ring (bicyclic) bond motifs is 8. The van der Waals surface area contributed by atoms with Gasteiger partial charge in [0.15, 0.2) is 0 Å². The van der Waals surface area contributed by atoms with E-state index in [1.54, 1.807) is 0 Å². The van der Waals surface area contributed by atoms with Crippen molar-refractivity contribution >= 4 is 65.5 Å². The van der Waals surface area contributed by atoms with Gasteiger partial charge in [-0.25, -0.2) is 0 Å². The normalized spacial score (nSPS) is 17.2. The first-order chi connectivity index (χ1) is 22.8. The summed E-state index contributed by atoms with van der Waals surface area (Å²) in [5.74, 6) is 0.200. The van der Waals surface area contributed by atoms with E-state index in [4.69, 9.17) is 4.99 Å². The quantitative estimate of drug-likeness (QED) is 0.180. The molecule has 1 aromatic heterocycles. The first-order valence-electron chi connectivity index (χ1n) is 16.3. The van der Waals surface area contributed by atoms with Gasteiger partial charge in [-0.1, -0.05) is 115 Å². The number of hydrogen-bond donors (Lipinski definition) is 0. The van der Waals surface area contributed by atoms with Gasteiger partial charge in [-0.15, -0.1) is 0 Å². The van der Waals surface area contributed by atoms with Gasteiger partial charge in [0, 0.05) is 16.3 Å². The van der Waals surface area contributed by atoms with Gasteiger partial charge in [0.05, 0.1) is 28.9 Å². The van der Waals surface area contributed by atoms with Crippen molar-refractivity contribution in [2.24, 2.45) is 4.99 Å². The fourth-order valence-electron chi connectivity index (χ4n) is 8.81. The third-order valence-electron chi connectivity index (χ3n) is 10.8. The van der Waals surface area contributed by atoms with Crippen LogP contribution >= 0.6 is 0 Å². The van der Waals surface area contributed by atoms with Crippen LogP contribution < -0.4 is 0 Å². The molecule has 2 unspecified atom stereocenters. The van der Waals surface area contributed by atoms with Gasteiger partial charge in [-0.05, 0) is 96.9 Å². The molecule has 8 aromatic carbocycles. The third kappa shape index (κ3) is 3.23. The fourth-order valence-corrected chi connectivity index (χ4v) is 8.81. The van der Waals surface area contributed by atoms with E-state index in [0.717, 1.165) is 12.1 Å². The second-order valence-electron chi connectivity index (χ2n) is 13.1. The summed E-state index contributed by atoms with van der Waals surface area (Å²) in [7, 11) is 0. The van der Waals surface area contributed by atoms with Gasteiger partial charge in [-0.2, -0.15) is 0 Å². The Morgan fingerprint density at radius 2 is 1.22 bits per heavy atom. The molecule has 11 rings (SSSR count). The Kier molecular flexibility index (Phi) is 4.77. The van der Waals surface area contributed by atoms with E-state index in [9.17, 15) is 0 Å². The van der Waals surface area contributed by atoms with E-state index >= 15 is 0 Å². The summed E-state index contributed by atoms with van der Waals surface area (Å²) in [5, 5.41) is 10.5. The van der Waals surface area contributed by atoms with Crippen molar-refractivity contribution in [1.82, 2.24) is 4.57 Å². The average Bonchev–Trinajstić information content (AvgIpc) is 3.66. The molecule has 0 saturated carbocycles. The summed E-state index contributed by atoms with van der Waals surface area (Å²) in [4.78, 5) is 5.27. The molecule has 1 aliphatic carbocycles. The molecule has 0 bridgehead atoms. The average molecular weight is 585 g/mol. The number of benzene rings is 8. The Balaban J connectivity index is 1.16. The molecule has 2 aliphatic rings. The van der Waals surface area contributed by atoms with Crippen LogP contribution in [0.2, 0.25) is 0 Å². The molecule has 2 heteroatoms. The van der Waals surface area contributed by atoms with Gasteiger partial charge >= 0.3 is 0 Å². The monoisotopic (exact) mass is 584 g/mol. The molecule has 0 spiro atoms. The Bertz CT molecular complexity index is 2680. The number of para-hydroxylation sites is 2. The number of aromatic nitrogens is 1. The molecule has 9 aromatic rings. The Morgan fingerprint density at radius 1 is 0.522 bits per heavy atom. The van der Waals surface area contributed by atoms with Gasteiger partial charge in [0.1, 0.15) is 0 Å². The van der Waals surface area contributed by atoms with Crippen molar-refractivity contribution in [3.8, 4) is 11.1 Å². The molecular weight excluding hydrogens is 556 g/mol. The van der Waals surface area contributed by atoms with Crippen LogP contribution in [-0.2, 0) is 6.42 Å². The van der Waals surface area contributed by atoms with Crippen LogP contribution in [0.4, 0.5) is 5.69 Å². The minimum atomic E-state index is 0.200. The maximum Gasteiger partial charge on any atom is 0.0673 e. The van der Waals surface area contributed by atoms with Gasteiger partial charge in [-0.3, -0.25) is 4.99 Å². The van der Waals surface area contributed by atoms with Crippen LogP contribution in [0.25, 0.3) is 65.3 Å². The Labute approximate surface area is 266 Å². The molecule has 0 radical (unpaired) electrons. The molecule has 0 fully saturated rings. The Morgan fingerprint density at radius 3 is 2.09 bits per heavy atom. The molecule has 2 nitrogen and oxygen atoms in total. The SMILES string of the molecule is c1ccc2c(c1)CC(n1c3ccccc3c3ccc(-c4cc5ccc6cccc7ccc(c4)c5c67)cc31)C1C2=Nc2ccccc21. The summed E-state index contributed by atoms with van der Waals surface area (Å²) < 4.78 is 2.65. The lowest BCUT2D eigenvalue weighted by Gasteiger charge is -2.34. The highest BCUT2D eigenvalue weighted by atomic mass is 15.0. The molecule has 0 amide bonds. The van der Waals surface area contributed by atoms with Crippen molar-refractivity contribution in [3.05, 3.63) is 162 Å². The van der Waals surface area contributed by atoms with Gasteiger partial charge < -0.3 is 4.57 Å². The van der Waals surface area contributed by atoms with Crippen molar-refractivity contribution in [3.63, 3.8) is 0 Å². The minimum absolute atomic E-state index is 0.200. The number of nitrogens with zero attached hydrogens (tertiary/aromatic N) is 2. The van der Waals surface area contributed by atoms with Crippen LogP contribution in [0.5, 0.6) is 0 Å². The molecule has 214 valence electrons. The third-order valence-corrected chi connectivity index (χ3v) is 10.8. The highest BCUT2D eigenvalue weighted by Gasteiger charge is 2.41. The zero-order valence-corrected chi connectivity index (χ0v) is 25.1. The standard InChI is InChI=1S/C44H28N2/c1-2-11-33-29(8-1)25-40(43-36-13-3-5-14-37(36)45-44(33)43)46-38-15-6-4-12-34(38)35-21-20-28(24-39(35)46)32-22-30-18-16-26-9-7-10-27-17-19-31(23-32)42(30)41(26)27/h1-24,40,43H,25H2. The lowest BCUT2D eigenvalue weighted by atomic mass is 9.76. The van der Waals surface area contributed by atoms with Crippen molar-refractivity contribution < 1.29 is 0 Å². The van der Waals surface area contributed by atoms with E-state index in [1.165, 1.54) is 87.7 Å². The molecule has 1 aliphatic heterocycles. The van der Waals surface area contributed by atoms with Crippen LogP contribution in [-0.4, -0.2) is 10.3 Å². The lowest BCUT2D eigenvalue weighted by Crippen LogP contribution is -2.30. The molecule has 2 atom stereocenters. The second-order valence-corrected chi connectivity index (χ2v) is 13.1. The fraction of sp³-hybridized carbons (Fsp3) is 0.0682.